The molecule has 0 amide bonds. The number of ether oxygens (including phenoxy) is 1. The van der Waals surface area contributed by atoms with Crippen LogP contribution in [0.1, 0.15) is 25.1 Å². The van der Waals surface area contributed by atoms with Crippen molar-refractivity contribution in [1.82, 2.24) is 10.1 Å². The molecule has 0 saturated carbocycles. The molecule has 8 heteroatoms. The summed E-state index contributed by atoms with van der Waals surface area (Å²) < 4.78 is 45.7. The molecule has 0 spiro atoms. The van der Waals surface area contributed by atoms with Crippen LogP contribution < -0.4 is 0 Å². The second kappa shape index (κ2) is 5.97. The number of rotatable bonds is 6. The van der Waals surface area contributed by atoms with Crippen LogP contribution in [-0.4, -0.2) is 34.1 Å². The molecule has 1 rings (SSSR count). The highest BCUT2D eigenvalue weighted by Gasteiger charge is 2.39. The summed E-state index contributed by atoms with van der Waals surface area (Å²) >= 11 is 0. The average molecular weight is 254 g/mol. The van der Waals surface area contributed by atoms with Gasteiger partial charge in [-0.15, -0.1) is 0 Å². The number of hydrogen-bond acceptors (Lipinski definition) is 5. The van der Waals surface area contributed by atoms with Crippen LogP contribution in [0.2, 0.25) is 0 Å². The smallest absolute Gasteiger partial charge is 0.383 e. The molecule has 17 heavy (non-hydrogen) atoms. The fraction of sp³-hybridized carbons (Fsp3) is 0.778. The first kappa shape index (κ1) is 13.9. The van der Waals surface area contributed by atoms with Gasteiger partial charge in [-0.25, -0.2) is 0 Å². The minimum Gasteiger partial charge on any atom is -0.383 e. The molecule has 0 aromatic carbocycles. The molecular formula is C9H13F3N2O3. The summed E-state index contributed by atoms with van der Waals surface area (Å²) in [5.74, 6) is -0.0900. The molecule has 1 heterocycles. The van der Waals surface area contributed by atoms with E-state index in [1.54, 1.807) is 0 Å². The number of halogens is 3. The van der Waals surface area contributed by atoms with Gasteiger partial charge in [0.2, 0.25) is 5.89 Å². The number of hydrogen-bond donors (Lipinski definition) is 1. The molecule has 0 bridgehead atoms. The van der Waals surface area contributed by atoms with Crippen molar-refractivity contribution in [2.45, 2.75) is 38.7 Å². The van der Waals surface area contributed by atoms with E-state index in [0.717, 1.165) is 6.42 Å². The van der Waals surface area contributed by atoms with Crippen LogP contribution >= 0.6 is 0 Å². The Morgan fingerprint density at radius 1 is 1.47 bits per heavy atom. The van der Waals surface area contributed by atoms with Crippen LogP contribution in [0.3, 0.4) is 0 Å². The summed E-state index contributed by atoms with van der Waals surface area (Å²) in [5.41, 5.74) is 0. The van der Waals surface area contributed by atoms with Crippen molar-refractivity contribution in [2.24, 2.45) is 0 Å². The van der Waals surface area contributed by atoms with Gasteiger partial charge < -0.3 is 14.4 Å². The molecule has 1 aromatic heterocycles. The largest absolute Gasteiger partial charge is 0.414 e. The highest BCUT2D eigenvalue weighted by atomic mass is 19.4. The highest BCUT2D eigenvalue weighted by Crippen LogP contribution is 2.22. The SMILES string of the molecule is CCCOCc1noc(CC(O)C(F)(F)F)n1. The third-order valence-electron chi connectivity index (χ3n) is 1.84. The van der Waals surface area contributed by atoms with E-state index in [4.69, 9.17) is 9.84 Å². The third kappa shape index (κ3) is 4.70. The third-order valence-corrected chi connectivity index (χ3v) is 1.84. The van der Waals surface area contributed by atoms with E-state index in [9.17, 15) is 13.2 Å². The van der Waals surface area contributed by atoms with Gasteiger partial charge in [-0.1, -0.05) is 12.1 Å². The molecule has 1 aromatic rings. The minimum absolute atomic E-state index is 0.0828. The van der Waals surface area contributed by atoms with Crippen molar-refractivity contribution in [1.29, 1.82) is 0 Å². The van der Waals surface area contributed by atoms with E-state index in [0.29, 0.717) is 6.61 Å². The van der Waals surface area contributed by atoms with Crippen molar-refractivity contribution in [3.8, 4) is 0 Å². The molecule has 5 nitrogen and oxygen atoms in total. The lowest BCUT2D eigenvalue weighted by atomic mass is 10.2. The van der Waals surface area contributed by atoms with Gasteiger partial charge >= 0.3 is 6.18 Å². The Morgan fingerprint density at radius 2 is 2.18 bits per heavy atom. The van der Waals surface area contributed by atoms with Crippen LogP contribution in [0.15, 0.2) is 4.52 Å². The van der Waals surface area contributed by atoms with Gasteiger partial charge in [0.1, 0.15) is 6.61 Å². The fourth-order valence-corrected chi connectivity index (χ4v) is 1.02. The quantitative estimate of drug-likeness (QED) is 0.778. The zero-order chi connectivity index (χ0) is 12.9. The maximum atomic E-state index is 12.0. The normalized spacial score (nSPS) is 13.9. The van der Waals surface area contributed by atoms with Crippen molar-refractivity contribution < 1.29 is 27.5 Å². The Kier molecular flexibility index (Phi) is 4.88. The predicted octanol–water partition coefficient (Wildman–Crippen LogP) is 1.46. The number of aromatic nitrogens is 2. The van der Waals surface area contributed by atoms with Gasteiger partial charge in [-0.05, 0) is 6.42 Å². The molecule has 1 N–H and O–H groups in total. The summed E-state index contributed by atoms with van der Waals surface area (Å²) in [4.78, 5) is 3.67. The lowest BCUT2D eigenvalue weighted by Gasteiger charge is -2.11. The lowest BCUT2D eigenvalue weighted by molar-refractivity contribution is -0.204. The lowest BCUT2D eigenvalue weighted by Crippen LogP contribution is -2.30. The van der Waals surface area contributed by atoms with Crippen molar-refractivity contribution in [2.75, 3.05) is 6.61 Å². The summed E-state index contributed by atoms with van der Waals surface area (Å²) in [6.45, 7) is 2.51. The predicted molar refractivity (Wildman–Crippen MR) is 50.0 cm³/mol. The fourth-order valence-electron chi connectivity index (χ4n) is 1.02. The van der Waals surface area contributed by atoms with E-state index in [1.165, 1.54) is 0 Å². The topological polar surface area (TPSA) is 68.4 Å². The van der Waals surface area contributed by atoms with Gasteiger partial charge in [-0.2, -0.15) is 18.2 Å². The van der Waals surface area contributed by atoms with Crippen molar-refractivity contribution in [3.63, 3.8) is 0 Å². The summed E-state index contributed by atoms with van der Waals surface area (Å²) in [6.07, 6.45) is -7.11. The molecule has 0 saturated heterocycles. The van der Waals surface area contributed by atoms with Crippen LogP contribution in [0, 0.1) is 0 Å². The van der Waals surface area contributed by atoms with Gasteiger partial charge in [0.05, 0.1) is 6.42 Å². The summed E-state index contributed by atoms with van der Waals surface area (Å²) in [7, 11) is 0. The first-order valence-corrected chi connectivity index (χ1v) is 5.07. The first-order chi connectivity index (χ1) is 7.93. The number of aliphatic hydroxyl groups is 1. The van der Waals surface area contributed by atoms with Gasteiger partial charge in [0.25, 0.3) is 0 Å². The van der Waals surface area contributed by atoms with E-state index in [1.807, 2.05) is 6.92 Å². The average Bonchev–Trinajstić information content (AvgIpc) is 2.65. The molecule has 0 aliphatic carbocycles. The molecular weight excluding hydrogens is 241 g/mol. The van der Waals surface area contributed by atoms with Crippen molar-refractivity contribution >= 4 is 0 Å². The molecule has 0 aliphatic rings. The van der Waals surface area contributed by atoms with E-state index in [2.05, 4.69) is 14.7 Å². The highest BCUT2D eigenvalue weighted by molar-refractivity contribution is 4.88. The maximum absolute atomic E-state index is 12.0. The number of alkyl halides is 3. The molecule has 1 atom stereocenters. The zero-order valence-corrected chi connectivity index (χ0v) is 9.20. The van der Waals surface area contributed by atoms with Crippen molar-refractivity contribution in [3.05, 3.63) is 11.7 Å². The Morgan fingerprint density at radius 3 is 2.76 bits per heavy atom. The summed E-state index contributed by atoms with van der Waals surface area (Å²) in [5, 5.41) is 12.2. The Hall–Kier alpha value is -1.15. The van der Waals surface area contributed by atoms with Gasteiger partial charge in [0.15, 0.2) is 11.9 Å². The second-order valence-electron chi connectivity index (χ2n) is 3.42. The van der Waals surface area contributed by atoms with Crippen LogP contribution in [0.25, 0.3) is 0 Å². The van der Waals surface area contributed by atoms with Gasteiger partial charge in [0, 0.05) is 6.61 Å². The first-order valence-electron chi connectivity index (χ1n) is 5.07. The van der Waals surface area contributed by atoms with Crippen LogP contribution in [0.5, 0.6) is 0 Å². The summed E-state index contributed by atoms with van der Waals surface area (Å²) in [6, 6.07) is 0. The molecule has 0 aliphatic heterocycles. The van der Waals surface area contributed by atoms with E-state index < -0.39 is 18.7 Å². The van der Waals surface area contributed by atoms with Gasteiger partial charge in [-0.3, -0.25) is 0 Å². The van der Waals surface area contributed by atoms with E-state index >= 15 is 0 Å². The molecule has 0 fully saturated rings. The Bertz CT molecular complexity index is 340. The Labute approximate surface area is 95.6 Å². The van der Waals surface area contributed by atoms with Crippen LogP contribution in [0.4, 0.5) is 13.2 Å². The minimum atomic E-state index is -4.69. The second-order valence-corrected chi connectivity index (χ2v) is 3.42. The molecule has 1 unspecified atom stereocenters. The Balaban J connectivity index is 2.45. The monoisotopic (exact) mass is 254 g/mol. The zero-order valence-electron chi connectivity index (χ0n) is 9.20. The number of aliphatic hydroxyl groups excluding tert-OH is 1. The van der Waals surface area contributed by atoms with Crippen LogP contribution in [-0.2, 0) is 17.8 Å². The van der Waals surface area contributed by atoms with E-state index in [-0.39, 0.29) is 18.3 Å². The standard InChI is InChI=1S/C9H13F3N2O3/c1-2-3-16-5-7-13-8(17-14-7)4-6(15)9(10,11)12/h6,15H,2-5H2,1H3. The molecule has 98 valence electrons. The maximum Gasteiger partial charge on any atom is 0.414 e. The molecule has 0 radical (unpaired) electrons. The number of nitrogens with zero attached hydrogens (tertiary/aromatic N) is 2.